The standard InChI is InChI=1S/C51H49N/c1-31(2)33-21-25-37(26-22-33)52(38-27-23-34(24-28-38)32(3)4)39-29-42-40-17-9-10-18-41(40)48-47(42)43(30-39)46(35-13-7-6-8-14-35)49-44-19-11-15-36-16-12-20-45(50(48)49)51(36,44)5/h6-13,16-23,25-32,34-36,44H,14-15,24H2,1-5H3/t34?,35?,36?,44?,51-/m1/s1. The lowest BCUT2D eigenvalue weighted by Crippen LogP contribution is -2.32. The van der Waals surface area contributed by atoms with Gasteiger partial charge in [0, 0.05) is 34.3 Å². The zero-order chi connectivity index (χ0) is 35.3. The number of rotatable bonds is 6. The van der Waals surface area contributed by atoms with Crippen LogP contribution in [0, 0.1) is 23.2 Å². The van der Waals surface area contributed by atoms with E-state index in [0.717, 1.165) is 19.3 Å². The molecule has 0 N–H and O–H groups in total. The minimum absolute atomic E-state index is 0.0536. The van der Waals surface area contributed by atoms with Crippen molar-refractivity contribution in [2.24, 2.45) is 23.2 Å². The average Bonchev–Trinajstić information content (AvgIpc) is 3.63. The van der Waals surface area contributed by atoms with Crippen molar-refractivity contribution >= 4 is 27.7 Å². The van der Waals surface area contributed by atoms with Crippen LogP contribution in [0.25, 0.3) is 38.6 Å². The van der Waals surface area contributed by atoms with Gasteiger partial charge in [0.1, 0.15) is 0 Å². The van der Waals surface area contributed by atoms with Gasteiger partial charge in [0.25, 0.3) is 0 Å². The maximum atomic E-state index is 2.58. The number of benzene rings is 4. The van der Waals surface area contributed by atoms with Crippen LogP contribution < -0.4 is 4.90 Å². The van der Waals surface area contributed by atoms with Crippen LogP contribution in [0.2, 0.25) is 0 Å². The summed E-state index contributed by atoms with van der Waals surface area (Å²) < 4.78 is 0. The van der Waals surface area contributed by atoms with Gasteiger partial charge in [0.05, 0.1) is 0 Å². The van der Waals surface area contributed by atoms with E-state index in [2.05, 4.69) is 173 Å². The van der Waals surface area contributed by atoms with Crippen molar-refractivity contribution in [3.63, 3.8) is 0 Å². The van der Waals surface area contributed by atoms with Crippen LogP contribution in [0.15, 0.2) is 139 Å². The highest BCUT2D eigenvalue weighted by Crippen LogP contribution is 2.69. The van der Waals surface area contributed by atoms with E-state index in [0.29, 0.717) is 35.5 Å². The molecule has 6 aliphatic rings. The molecule has 0 spiro atoms. The van der Waals surface area contributed by atoms with Crippen molar-refractivity contribution in [2.75, 3.05) is 4.90 Å². The highest BCUT2D eigenvalue weighted by Gasteiger charge is 2.54. The second kappa shape index (κ2) is 11.8. The molecule has 52 heavy (non-hydrogen) atoms. The number of anilines is 2. The minimum atomic E-state index is 0.0536. The maximum Gasteiger partial charge on any atom is 0.0474 e. The molecule has 0 saturated carbocycles. The highest BCUT2D eigenvalue weighted by atomic mass is 15.1. The molecule has 0 fully saturated rings. The zero-order valence-electron chi connectivity index (χ0n) is 31.2. The molecule has 1 heteroatoms. The molecule has 4 aromatic carbocycles. The van der Waals surface area contributed by atoms with E-state index >= 15 is 0 Å². The van der Waals surface area contributed by atoms with Gasteiger partial charge in [-0.25, -0.2) is 0 Å². The van der Waals surface area contributed by atoms with Crippen molar-refractivity contribution < 1.29 is 0 Å². The minimum Gasteiger partial charge on any atom is -0.311 e. The Balaban J connectivity index is 1.30. The Morgan fingerprint density at radius 1 is 0.712 bits per heavy atom. The lowest BCUT2D eigenvalue weighted by molar-refractivity contribution is 0.287. The summed E-state index contributed by atoms with van der Waals surface area (Å²) in [6.45, 7) is 11.8. The van der Waals surface area contributed by atoms with Crippen LogP contribution >= 0.6 is 0 Å². The van der Waals surface area contributed by atoms with Gasteiger partial charge in [-0.05, 0) is 134 Å². The third-order valence-electron chi connectivity index (χ3n) is 13.5. The van der Waals surface area contributed by atoms with E-state index in [-0.39, 0.29) is 5.41 Å². The van der Waals surface area contributed by atoms with Gasteiger partial charge in [0.15, 0.2) is 0 Å². The number of fused-ring (bicyclic) bond motifs is 7. The third-order valence-corrected chi connectivity index (χ3v) is 13.5. The first kappa shape index (κ1) is 31.8. The Hall–Kier alpha value is -4.88. The van der Waals surface area contributed by atoms with Crippen LogP contribution in [0.5, 0.6) is 0 Å². The van der Waals surface area contributed by atoms with Gasteiger partial charge >= 0.3 is 0 Å². The van der Waals surface area contributed by atoms with Crippen molar-refractivity contribution in [3.05, 3.63) is 162 Å². The molecule has 0 aliphatic heterocycles. The van der Waals surface area contributed by atoms with E-state index in [9.17, 15) is 0 Å². The van der Waals surface area contributed by atoms with Crippen molar-refractivity contribution in [1.29, 1.82) is 0 Å². The Kier molecular flexibility index (Phi) is 7.23. The predicted molar refractivity (Wildman–Crippen MR) is 222 cm³/mol. The summed E-state index contributed by atoms with van der Waals surface area (Å²) >= 11 is 0. The van der Waals surface area contributed by atoms with Gasteiger partial charge in [-0.15, -0.1) is 0 Å². The SMILES string of the molecule is CC(C)c1ccc(N(C2=CCC(C(C)C)C=C2)c2cc3c4c(c5c(c(C6C=CC=CC6)c4c2)C2C=CCC4C=CC=C5[C@]42C)-c2ccccc2-3)cc1. The molecule has 0 saturated heterocycles. The fraction of sp³-hybridized carbons (Fsp3) is 0.294. The van der Waals surface area contributed by atoms with Gasteiger partial charge in [-0.3, -0.25) is 0 Å². The average molecular weight is 676 g/mol. The fourth-order valence-electron chi connectivity index (χ4n) is 10.6. The van der Waals surface area contributed by atoms with Crippen LogP contribution in [-0.2, 0) is 0 Å². The monoisotopic (exact) mass is 675 g/mol. The maximum absolute atomic E-state index is 2.58. The predicted octanol–water partition coefficient (Wildman–Crippen LogP) is 14.1. The molecule has 0 radical (unpaired) electrons. The molecule has 10 rings (SSSR count). The van der Waals surface area contributed by atoms with Gasteiger partial charge in [-0.2, -0.15) is 0 Å². The van der Waals surface area contributed by atoms with Crippen LogP contribution in [0.4, 0.5) is 11.4 Å². The van der Waals surface area contributed by atoms with E-state index in [1.54, 1.807) is 16.7 Å². The lowest BCUT2D eigenvalue weighted by atomic mass is 9.60. The molecule has 1 nitrogen and oxygen atoms in total. The summed E-state index contributed by atoms with van der Waals surface area (Å²) in [6, 6.07) is 23.7. The summed E-state index contributed by atoms with van der Waals surface area (Å²) in [6.07, 6.45) is 32.3. The summed E-state index contributed by atoms with van der Waals surface area (Å²) in [5.41, 5.74) is 17.0. The summed E-state index contributed by atoms with van der Waals surface area (Å²) in [5, 5.41) is 2.88. The molecule has 6 aliphatic carbocycles. The molecule has 0 amide bonds. The molecule has 5 atom stereocenters. The van der Waals surface area contributed by atoms with E-state index in [1.807, 2.05) is 0 Å². The van der Waals surface area contributed by atoms with Crippen LogP contribution in [-0.4, -0.2) is 0 Å². The number of hydrogen-bond donors (Lipinski definition) is 0. The van der Waals surface area contributed by atoms with Crippen molar-refractivity contribution in [3.8, 4) is 22.3 Å². The van der Waals surface area contributed by atoms with E-state index in [1.165, 1.54) is 61.2 Å². The first-order chi connectivity index (χ1) is 25.3. The molecular weight excluding hydrogens is 627 g/mol. The molecule has 4 aromatic rings. The topological polar surface area (TPSA) is 3.24 Å². The van der Waals surface area contributed by atoms with E-state index < -0.39 is 0 Å². The molecule has 258 valence electrons. The number of hydrogen-bond acceptors (Lipinski definition) is 1. The fourth-order valence-corrected chi connectivity index (χ4v) is 10.6. The van der Waals surface area contributed by atoms with Crippen molar-refractivity contribution in [1.82, 2.24) is 0 Å². The molecule has 4 unspecified atom stereocenters. The zero-order valence-corrected chi connectivity index (χ0v) is 31.2. The van der Waals surface area contributed by atoms with Crippen LogP contribution in [0.1, 0.15) is 93.9 Å². The normalized spacial score (nSPS) is 25.8. The van der Waals surface area contributed by atoms with Crippen LogP contribution in [0.3, 0.4) is 0 Å². The largest absolute Gasteiger partial charge is 0.311 e. The Bertz CT molecular complexity index is 2370. The second-order valence-corrected chi connectivity index (χ2v) is 16.9. The Morgan fingerprint density at radius 2 is 1.54 bits per heavy atom. The first-order valence-electron chi connectivity index (χ1n) is 19.8. The summed E-state index contributed by atoms with van der Waals surface area (Å²) in [5.74, 6) is 2.87. The van der Waals surface area contributed by atoms with Crippen molar-refractivity contribution in [2.45, 2.75) is 71.6 Å². The summed E-state index contributed by atoms with van der Waals surface area (Å²) in [4.78, 5) is 2.55. The third kappa shape index (κ3) is 4.47. The molecule has 0 bridgehead atoms. The first-order valence-corrected chi connectivity index (χ1v) is 19.8. The van der Waals surface area contributed by atoms with Gasteiger partial charge < -0.3 is 4.90 Å². The van der Waals surface area contributed by atoms with Gasteiger partial charge in [0.2, 0.25) is 0 Å². The highest BCUT2D eigenvalue weighted by molar-refractivity contribution is 6.21. The van der Waals surface area contributed by atoms with Gasteiger partial charge in [-0.1, -0.05) is 138 Å². The quantitative estimate of drug-likeness (QED) is 0.162. The molecule has 0 aromatic heterocycles. The second-order valence-electron chi connectivity index (χ2n) is 16.9. The molecular formula is C51H49N. The lowest BCUT2D eigenvalue weighted by Gasteiger charge is -2.42. The van der Waals surface area contributed by atoms with E-state index in [4.69, 9.17) is 0 Å². The number of nitrogens with zero attached hydrogens (tertiary/aromatic N) is 1. The number of allylic oxidation sites excluding steroid dienone is 13. The summed E-state index contributed by atoms with van der Waals surface area (Å²) in [7, 11) is 0. The molecule has 0 heterocycles. The Labute approximate surface area is 310 Å². The smallest absolute Gasteiger partial charge is 0.0474 e. The Morgan fingerprint density at radius 3 is 2.27 bits per heavy atom.